The van der Waals surface area contributed by atoms with E-state index >= 15 is 0 Å². The highest BCUT2D eigenvalue weighted by molar-refractivity contribution is 14.1. The smallest absolute Gasteiger partial charge is 0.305 e. The summed E-state index contributed by atoms with van der Waals surface area (Å²) in [7, 11) is 0. The maximum Gasteiger partial charge on any atom is 0.305 e. The second kappa shape index (κ2) is 12.1. The molecule has 7 N–H and O–H groups in total. The van der Waals surface area contributed by atoms with E-state index in [4.69, 9.17) is 0 Å². The fourth-order valence-corrected chi connectivity index (χ4v) is 4.71. The molecule has 2 aromatic rings. The third-order valence-corrected chi connectivity index (χ3v) is 6.07. The van der Waals surface area contributed by atoms with Crippen molar-refractivity contribution < 1.29 is 29.7 Å². The van der Waals surface area contributed by atoms with Gasteiger partial charge < -0.3 is 36.6 Å². The summed E-state index contributed by atoms with van der Waals surface area (Å²) in [4.78, 5) is 44.5. The Hall–Kier alpha value is -2.98. The van der Waals surface area contributed by atoms with Crippen LogP contribution in [-0.4, -0.2) is 69.8 Å². The summed E-state index contributed by atoms with van der Waals surface area (Å²) >= 11 is 5.19. The lowest BCUT2D eigenvalue weighted by molar-refractivity contribution is -0.137. The van der Waals surface area contributed by atoms with Crippen LogP contribution in [0.25, 0.3) is 0 Å². The number of halogens is 2. The Morgan fingerprint density at radius 3 is 2.71 bits per heavy atom. The van der Waals surface area contributed by atoms with Crippen molar-refractivity contribution in [3.05, 3.63) is 49.8 Å². The van der Waals surface area contributed by atoms with Gasteiger partial charge in [0.25, 0.3) is 5.91 Å². The Balaban J connectivity index is 1.62. The van der Waals surface area contributed by atoms with Gasteiger partial charge in [-0.05, 0) is 40.8 Å². The van der Waals surface area contributed by atoms with Crippen LogP contribution in [0.5, 0.6) is 5.75 Å². The summed E-state index contributed by atoms with van der Waals surface area (Å²) in [6, 6.07) is 3.68. The lowest BCUT2D eigenvalue weighted by Gasteiger charge is -2.20. The molecular weight excluding hydrogens is 639 g/mol. The van der Waals surface area contributed by atoms with E-state index in [1.807, 2.05) is 22.6 Å². The number of rotatable bonds is 8. The summed E-state index contributed by atoms with van der Waals surface area (Å²) in [6.45, 7) is 0.163. The number of hydrogen-bond acceptors (Lipinski definition) is 9. The zero-order chi connectivity index (χ0) is 25.5. The first kappa shape index (κ1) is 26.6. The van der Waals surface area contributed by atoms with Gasteiger partial charge in [0.05, 0.1) is 52.7 Å². The van der Waals surface area contributed by atoms with Gasteiger partial charge in [-0.25, -0.2) is 0 Å². The molecule has 186 valence electrons. The first-order valence-corrected chi connectivity index (χ1v) is 12.1. The summed E-state index contributed by atoms with van der Waals surface area (Å²) in [6.07, 6.45) is 1.79. The largest absolute Gasteiger partial charge is 0.506 e. The molecule has 1 aromatic carbocycles. The first-order chi connectivity index (χ1) is 16.6. The molecule has 3 rings (SSSR count). The number of carboxylic acids is 1. The molecule has 1 aromatic heterocycles. The van der Waals surface area contributed by atoms with Crippen molar-refractivity contribution in [3.63, 3.8) is 0 Å². The fraction of sp³-hybridized carbons (Fsp3) is 0.286. The molecule has 2 unspecified atom stereocenters. The van der Waals surface area contributed by atoms with Gasteiger partial charge in [0, 0.05) is 22.8 Å². The number of aliphatic hydroxyl groups is 1. The zero-order valence-electron chi connectivity index (χ0n) is 18.1. The number of carbonyl (C=O) groups is 3. The molecule has 0 radical (unpaired) electrons. The van der Waals surface area contributed by atoms with Crippen molar-refractivity contribution in [3.8, 4) is 5.75 Å². The minimum absolute atomic E-state index is 0.133. The SMILES string of the molecule is O=C(O)CC(NC(=O)CNC(=O)c1cncc(NC2=NCC(O)CN2)c1)c1cc(Br)cc(I)c1O. The summed E-state index contributed by atoms with van der Waals surface area (Å²) in [5, 5.41) is 40.0. The number of aromatic nitrogens is 1. The van der Waals surface area contributed by atoms with Gasteiger partial charge >= 0.3 is 5.97 Å². The van der Waals surface area contributed by atoms with Gasteiger partial charge in [0.1, 0.15) is 5.75 Å². The average Bonchev–Trinajstić information content (AvgIpc) is 2.81. The number of carbonyl (C=O) groups excluding carboxylic acids is 2. The molecule has 1 aliphatic rings. The van der Waals surface area contributed by atoms with Crippen LogP contribution in [0.3, 0.4) is 0 Å². The first-order valence-electron chi connectivity index (χ1n) is 10.3. The van der Waals surface area contributed by atoms with Crippen LogP contribution in [0, 0.1) is 3.57 Å². The number of guanidine groups is 1. The van der Waals surface area contributed by atoms with E-state index in [2.05, 4.69) is 47.2 Å². The molecule has 0 aliphatic carbocycles. The third kappa shape index (κ3) is 7.76. The Bertz CT molecular complexity index is 1160. The highest BCUT2D eigenvalue weighted by atomic mass is 127. The zero-order valence-corrected chi connectivity index (χ0v) is 21.8. The molecule has 0 saturated carbocycles. The van der Waals surface area contributed by atoms with E-state index in [1.165, 1.54) is 24.5 Å². The van der Waals surface area contributed by atoms with Gasteiger partial charge in [-0.3, -0.25) is 24.4 Å². The van der Waals surface area contributed by atoms with E-state index in [-0.39, 0.29) is 23.4 Å². The summed E-state index contributed by atoms with van der Waals surface area (Å²) < 4.78 is 1.09. The number of aliphatic carboxylic acids is 1. The number of nitrogens with zero attached hydrogens (tertiary/aromatic N) is 2. The lowest BCUT2D eigenvalue weighted by Crippen LogP contribution is -2.42. The van der Waals surface area contributed by atoms with Crippen LogP contribution in [-0.2, 0) is 9.59 Å². The van der Waals surface area contributed by atoms with Crippen molar-refractivity contribution in [2.75, 3.05) is 25.0 Å². The normalized spacial score (nSPS) is 15.9. The van der Waals surface area contributed by atoms with E-state index in [9.17, 15) is 29.7 Å². The highest BCUT2D eigenvalue weighted by Crippen LogP contribution is 2.34. The van der Waals surface area contributed by atoms with Crippen LogP contribution in [0.4, 0.5) is 5.69 Å². The molecule has 0 fully saturated rings. The predicted molar refractivity (Wildman–Crippen MR) is 138 cm³/mol. The number of carboxylic acid groups (broad SMARTS) is 1. The van der Waals surface area contributed by atoms with Crippen molar-refractivity contribution in [2.24, 2.45) is 4.99 Å². The maximum absolute atomic E-state index is 12.5. The van der Waals surface area contributed by atoms with Gasteiger partial charge in [-0.1, -0.05) is 15.9 Å². The second-order valence-corrected chi connectivity index (χ2v) is 9.62. The number of aliphatic hydroxyl groups excluding tert-OH is 1. The van der Waals surface area contributed by atoms with Gasteiger partial charge in [-0.2, -0.15) is 0 Å². The Morgan fingerprint density at radius 2 is 2.03 bits per heavy atom. The molecule has 35 heavy (non-hydrogen) atoms. The number of phenolic OH excluding ortho intramolecular Hbond substituents is 1. The lowest BCUT2D eigenvalue weighted by atomic mass is 10.0. The number of phenols is 1. The highest BCUT2D eigenvalue weighted by Gasteiger charge is 2.23. The molecule has 0 bridgehead atoms. The number of pyridine rings is 1. The van der Waals surface area contributed by atoms with Crippen LogP contribution in [0.15, 0.2) is 40.1 Å². The number of anilines is 1. The van der Waals surface area contributed by atoms with Crippen molar-refractivity contribution in [1.29, 1.82) is 0 Å². The minimum Gasteiger partial charge on any atom is -0.506 e. The van der Waals surface area contributed by atoms with Crippen molar-refractivity contribution >= 4 is 68.0 Å². The Labute approximate surface area is 221 Å². The molecule has 0 spiro atoms. The molecular formula is C21H22BrIN6O6. The molecule has 2 heterocycles. The quantitative estimate of drug-likeness (QED) is 0.203. The minimum atomic E-state index is -1.17. The number of amides is 2. The molecule has 12 nitrogen and oxygen atoms in total. The monoisotopic (exact) mass is 660 g/mol. The number of hydrogen-bond donors (Lipinski definition) is 7. The van der Waals surface area contributed by atoms with Crippen LogP contribution < -0.4 is 21.3 Å². The van der Waals surface area contributed by atoms with Crippen molar-refractivity contribution in [2.45, 2.75) is 18.6 Å². The Kier molecular flexibility index (Phi) is 9.22. The number of nitrogens with one attached hydrogen (secondary N) is 4. The number of β-amino-alcohol motifs (C(OH)–C–C–N with tert-alkyl or cyclic N) is 1. The van der Waals surface area contributed by atoms with Crippen molar-refractivity contribution in [1.82, 2.24) is 20.9 Å². The second-order valence-electron chi connectivity index (χ2n) is 7.54. The average molecular weight is 661 g/mol. The van der Waals surface area contributed by atoms with Gasteiger partial charge in [0.15, 0.2) is 5.96 Å². The van der Waals surface area contributed by atoms with Crippen LogP contribution in [0.1, 0.15) is 28.4 Å². The standard InChI is InChI=1S/C21H22BrIN6O6/c22-11-2-14(19(34)15(23)3-11)16(4-18(32)33)29-17(31)9-25-20(35)10-1-12(6-24-5-10)28-21-26-7-13(30)8-27-21/h1-3,5-6,13,16,30,34H,4,7-9H2,(H,25,35)(H,29,31)(H,32,33)(H2,26,27,28). The predicted octanol–water partition coefficient (Wildman–Crippen LogP) is 0.948. The van der Waals surface area contributed by atoms with Gasteiger partial charge in [-0.15, -0.1) is 0 Å². The molecule has 14 heteroatoms. The molecule has 0 saturated heterocycles. The summed E-state index contributed by atoms with van der Waals surface area (Å²) in [5.74, 6) is -2.08. The maximum atomic E-state index is 12.5. The molecule has 2 amide bonds. The molecule has 1 aliphatic heterocycles. The van der Waals surface area contributed by atoms with Gasteiger partial charge in [0.2, 0.25) is 5.91 Å². The van der Waals surface area contributed by atoms with Crippen LogP contribution >= 0.6 is 38.5 Å². The van der Waals surface area contributed by atoms with E-state index < -0.39 is 42.9 Å². The topological polar surface area (TPSA) is 185 Å². The van der Waals surface area contributed by atoms with Crippen LogP contribution in [0.2, 0.25) is 0 Å². The third-order valence-electron chi connectivity index (χ3n) is 4.78. The van der Waals surface area contributed by atoms with E-state index in [1.54, 1.807) is 6.07 Å². The summed E-state index contributed by atoms with van der Waals surface area (Å²) in [5.41, 5.74) is 0.895. The number of benzene rings is 1. The number of aliphatic imine (C=N–C) groups is 1. The Morgan fingerprint density at radius 1 is 1.26 bits per heavy atom. The number of aromatic hydroxyl groups is 1. The fourth-order valence-electron chi connectivity index (χ4n) is 3.16. The molecule has 2 atom stereocenters. The van der Waals surface area contributed by atoms with E-state index in [0.717, 1.165) is 0 Å². The van der Waals surface area contributed by atoms with E-state index in [0.29, 0.717) is 26.2 Å².